The molecule has 4 atom stereocenters. The predicted octanol–water partition coefficient (Wildman–Crippen LogP) is 1.57. The summed E-state index contributed by atoms with van der Waals surface area (Å²) in [5, 5.41) is 9.26. The van der Waals surface area contributed by atoms with Crippen LogP contribution in [0.3, 0.4) is 0 Å². The van der Waals surface area contributed by atoms with Gasteiger partial charge in [0.2, 0.25) is 0 Å². The van der Waals surface area contributed by atoms with Gasteiger partial charge in [0.25, 0.3) is 0 Å². The molecule has 2 rings (SSSR count). The van der Waals surface area contributed by atoms with Crippen molar-refractivity contribution in [2.75, 3.05) is 6.61 Å². The Hall–Kier alpha value is -0.0800. The first-order chi connectivity index (χ1) is 5.52. The highest BCUT2D eigenvalue weighted by Crippen LogP contribution is 2.56. The second kappa shape index (κ2) is 2.24. The molecule has 2 fully saturated rings. The minimum atomic E-state index is -0.0388. The summed E-state index contributed by atoms with van der Waals surface area (Å²) in [6, 6.07) is 0. The third kappa shape index (κ3) is 0.826. The summed E-state index contributed by atoms with van der Waals surface area (Å²) >= 11 is 0. The fourth-order valence-electron chi connectivity index (χ4n) is 3.02. The van der Waals surface area contributed by atoms with Crippen LogP contribution in [0.1, 0.15) is 33.6 Å². The van der Waals surface area contributed by atoms with Gasteiger partial charge in [0.1, 0.15) is 0 Å². The van der Waals surface area contributed by atoms with Gasteiger partial charge in [0.05, 0.1) is 11.2 Å². The van der Waals surface area contributed by atoms with Crippen LogP contribution in [-0.4, -0.2) is 22.9 Å². The molecule has 2 heterocycles. The molecule has 2 nitrogen and oxygen atoms in total. The van der Waals surface area contributed by atoms with Crippen molar-refractivity contribution in [2.45, 2.75) is 44.8 Å². The van der Waals surface area contributed by atoms with Crippen LogP contribution < -0.4 is 0 Å². The number of aliphatic hydroxyl groups is 1. The minimum Gasteiger partial charge on any atom is -0.396 e. The SMILES string of the molecule is C[C@H]1[C@H](CO)[C@]2(C)CC[C@@]1(C)O2. The first kappa shape index (κ1) is 8.52. The molecule has 0 amide bonds. The Morgan fingerprint density at radius 1 is 1.33 bits per heavy atom. The van der Waals surface area contributed by atoms with Gasteiger partial charge in [-0.2, -0.15) is 0 Å². The predicted molar refractivity (Wildman–Crippen MR) is 46.9 cm³/mol. The fraction of sp³-hybridized carbons (Fsp3) is 1.00. The van der Waals surface area contributed by atoms with E-state index in [4.69, 9.17) is 4.74 Å². The van der Waals surface area contributed by atoms with Crippen molar-refractivity contribution in [1.29, 1.82) is 0 Å². The van der Waals surface area contributed by atoms with Crippen molar-refractivity contribution < 1.29 is 9.84 Å². The zero-order chi connectivity index (χ0) is 8.98. The zero-order valence-corrected chi connectivity index (χ0v) is 8.13. The number of hydrogen-bond acceptors (Lipinski definition) is 2. The van der Waals surface area contributed by atoms with Crippen LogP contribution >= 0.6 is 0 Å². The van der Waals surface area contributed by atoms with Crippen molar-refractivity contribution in [2.24, 2.45) is 11.8 Å². The van der Waals surface area contributed by atoms with Gasteiger partial charge in [0, 0.05) is 12.5 Å². The molecule has 2 saturated heterocycles. The second-order valence-electron chi connectivity index (χ2n) is 4.81. The Morgan fingerprint density at radius 2 is 1.92 bits per heavy atom. The summed E-state index contributed by atoms with van der Waals surface area (Å²) in [6.45, 7) is 6.79. The van der Waals surface area contributed by atoms with Gasteiger partial charge in [-0.1, -0.05) is 6.92 Å². The molecule has 2 heteroatoms. The largest absolute Gasteiger partial charge is 0.396 e. The lowest BCUT2D eigenvalue weighted by molar-refractivity contribution is -0.0461. The van der Waals surface area contributed by atoms with E-state index in [2.05, 4.69) is 20.8 Å². The zero-order valence-electron chi connectivity index (χ0n) is 8.13. The molecular weight excluding hydrogens is 152 g/mol. The minimum absolute atomic E-state index is 0.0388. The molecule has 12 heavy (non-hydrogen) atoms. The van der Waals surface area contributed by atoms with Crippen LogP contribution in [0.25, 0.3) is 0 Å². The van der Waals surface area contributed by atoms with Crippen LogP contribution in [0.15, 0.2) is 0 Å². The Balaban J connectivity index is 2.30. The lowest BCUT2D eigenvalue weighted by Crippen LogP contribution is -2.38. The number of hydrogen-bond donors (Lipinski definition) is 1. The Labute approximate surface area is 73.9 Å². The quantitative estimate of drug-likeness (QED) is 0.647. The van der Waals surface area contributed by atoms with E-state index in [9.17, 15) is 5.11 Å². The highest BCUT2D eigenvalue weighted by atomic mass is 16.5. The van der Waals surface area contributed by atoms with Crippen LogP contribution in [-0.2, 0) is 4.74 Å². The molecule has 2 aliphatic rings. The van der Waals surface area contributed by atoms with E-state index in [-0.39, 0.29) is 17.8 Å². The molecule has 0 aliphatic carbocycles. The van der Waals surface area contributed by atoms with Crippen LogP contribution in [0.5, 0.6) is 0 Å². The maximum Gasteiger partial charge on any atom is 0.0716 e. The van der Waals surface area contributed by atoms with E-state index in [1.807, 2.05) is 0 Å². The summed E-state index contributed by atoms with van der Waals surface area (Å²) in [5.41, 5.74) is 0.00502. The van der Waals surface area contributed by atoms with E-state index >= 15 is 0 Å². The molecule has 2 bridgehead atoms. The number of aliphatic hydroxyl groups excluding tert-OH is 1. The van der Waals surface area contributed by atoms with E-state index in [0.29, 0.717) is 11.8 Å². The maximum atomic E-state index is 9.26. The lowest BCUT2D eigenvalue weighted by Gasteiger charge is -2.32. The molecule has 0 radical (unpaired) electrons. The monoisotopic (exact) mass is 170 g/mol. The van der Waals surface area contributed by atoms with E-state index in [0.717, 1.165) is 12.8 Å². The highest BCUT2D eigenvalue weighted by molar-refractivity contribution is 5.09. The average Bonchev–Trinajstić information content (AvgIpc) is 2.38. The standard InChI is InChI=1S/C10H18O2/c1-7-8(6-11)10(3)5-4-9(7,2)12-10/h7-8,11H,4-6H2,1-3H3/t7-,8-,9+,10-/m0/s1. The van der Waals surface area contributed by atoms with Crippen molar-refractivity contribution in [3.63, 3.8) is 0 Å². The van der Waals surface area contributed by atoms with Crippen LogP contribution in [0, 0.1) is 11.8 Å². The van der Waals surface area contributed by atoms with E-state index in [1.54, 1.807) is 0 Å². The topological polar surface area (TPSA) is 29.5 Å². The van der Waals surface area contributed by atoms with Gasteiger partial charge in [-0.05, 0) is 32.6 Å². The Kier molecular flexibility index (Phi) is 1.59. The van der Waals surface area contributed by atoms with Gasteiger partial charge in [0.15, 0.2) is 0 Å². The van der Waals surface area contributed by atoms with Crippen molar-refractivity contribution in [3.8, 4) is 0 Å². The number of rotatable bonds is 1. The molecule has 0 aromatic rings. The second-order valence-corrected chi connectivity index (χ2v) is 4.81. The van der Waals surface area contributed by atoms with Crippen LogP contribution in [0.2, 0.25) is 0 Å². The lowest BCUT2D eigenvalue weighted by atomic mass is 9.69. The number of ether oxygens (including phenoxy) is 1. The summed E-state index contributed by atoms with van der Waals surface area (Å²) in [6.07, 6.45) is 2.26. The Morgan fingerprint density at radius 3 is 2.25 bits per heavy atom. The molecule has 0 saturated carbocycles. The highest BCUT2D eigenvalue weighted by Gasteiger charge is 2.60. The van der Waals surface area contributed by atoms with E-state index in [1.165, 1.54) is 0 Å². The normalized spacial score (nSPS) is 58.0. The van der Waals surface area contributed by atoms with Gasteiger partial charge < -0.3 is 9.84 Å². The smallest absolute Gasteiger partial charge is 0.0716 e. The van der Waals surface area contributed by atoms with Crippen molar-refractivity contribution >= 4 is 0 Å². The molecule has 0 unspecified atom stereocenters. The van der Waals surface area contributed by atoms with Crippen molar-refractivity contribution in [3.05, 3.63) is 0 Å². The molecule has 0 aromatic heterocycles. The first-order valence-electron chi connectivity index (χ1n) is 4.83. The van der Waals surface area contributed by atoms with Crippen molar-refractivity contribution in [1.82, 2.24) is 0 Å². The third-order valence-electron chi connectivity index (χ3n) is 4.13. The molecular formula is C10H18O2. The maximum absolute atomic E-state index is 9.26. The van der Waals surface area contributed by atoms with Crippen LogP contribution in [0.4, 0.5) is 0 Å². The summed E-state index contributed by atoms with van der Waals surface area (Å²) < 4.78 is 6.00. The molecule has 0 aromatic carbocycles. The van der Waals surface area contributed by atoms with Gasteiger partial charge in [-0.15, -0.1) is 0 Å². The molecule has 0 spiro atoms. The third-order valence-corrected chi connectivity index (χ3v) is 4.13. The summed E-state index contributed by atoms with van der Waals surface area (Å²) in [4.78, 5) is 0. The van der Waals surface area contributed by atoms with Gasteiger partial charge in [-0.25, -0.2) is 0 Å². The molecule has 70 valence electrons. The first-order valence-corrected chi connectivity index (χ1v) is 4.83. The summed E-state index contributed by atoms with van der Waals surface area (Å²) in [7, 11) is 0. The van der Waals surface area contributed by atoms with Gasteiger partial charge in [-0.3, -0.25) is 0 Å². The molecule has 2 aliphatic heterocycles. The molecule has 1 N–H and O–H groups in total. The summed E-state index contributed by atoms with van der Waals surface area (Å²) in [5.74, 6) is 0.845. The Bertz CT molecular complexity index is 204. The average molecular weight is 170 g/mol. The van der Waals surface area contributed by atoms with E-state index < -0.39 is 0 Å². The number of fused-ring (bicyclic) bond motifs is 2. The fourth-order valence-corrected chi connectivity index (χ4v) is 3.02. The van der Waals surface area contributed by atoms with Gasteiger partial charge >= 0.3 is 0 Å².